The number of nitriles is 1. The van der Waals surface area contributed by atoms with Crippen LogP contribution >= 0.6 is 11.6 Å². The van der Waals surface area contributed by atoms with Crippen molar-refractivity contribution in [2.75, 3.05) is 31.2 Å². The number of hydrogen-bond donors (Lipinski definition) is 2. The van der Waals surface area contributed by atoms with Crippen LogP contribution in [0.2, 0.25) is 5.02 Å². The van der Waals surface area contributed by atoms with E-state index in [0.29, 0.717) is 23.7 Å². The summed E-state index contributed by atoms with van der Waals surface area (Å²) in [6.07, 6.45) is 6.21. The molecule has 1 aliphatic heterocycles. The number of pyridine rings is 2. The number of hydrogen-bond acceptors (Lipinski definition) is 5. The Bertz CT molecular complexity index is 940. The van der Waals surface area contributed by atoms with E-state index in [-0.39, 0.29) is 6.67 Å². The van der Waals surface area contributed by atoms with Crippen LogP contribution in [-0.2, 0) is 0 Å². The number of rotatable bonds is 3. The molecule has 0 aliphatic carbocycles. The van der Waals surface area contributed by atoms with Gasteiger partial charge in [-0.15, -0.1) is 0 Å². The highest BCUT2D eigenvalue weighted by Gasteiger charge is 2.21. The predicted molar refractivity (Wildman–Crippen MR) is 102 cm³/mol. The lowest BCUT2D eigenvalue weighted by Crippen LogP contribution is -2.18. The Hall–Kier alpha value is -2.43. The average Bonchev–Trinajstić information content (AvgIpc) is 3.30. The molecule has 1 fully saturated rings. The summed E-state index contributed by atoms with van der Waals surface area (Å²) in [6, 6.07) is 3.88. The number of nitrogens with two attached hydrogens (primary N) is 1. The number of nitrogens with zero attached hydrogens (tertiary/aromatic N) is 4. The minimum absolute atomic E-state index is 0.281. The van der Waals surface area contributed by atoms with E-state index in [2.05, 4.69) is 25.9 Å². The largest absolute Gasteiger partial charge is 0.370 e. The second-order valence-electron chi connectivity index (χ2n) is 6.06. The first kappa shape index (κ1) is 18.4. The lowest BCUT2D eigenvalue weighted by molar-refractivity contribution is 0.477. The molecule has 0 saturated carbocycles. The van der Waals surface area contributed by atoms with E-state index in [4.69, 9.17) is 22.6 Å². The van der Waals surface area contributed by atoms with E-state index in [9.17, 15) is 4.39 Å². The van der Waals surface area contributed by atoms with Crippen LogP contribution in [-0.4, -0.2) is 41.3 Å². The topological polar surface area (TPSA) is 94.6 Å². The highest BCUT2D eigenvalue weighted by atomic mass is 35.5. The maximum absolute atomic E-state index is 10.9. The summed E-state index contributed by atoms with van der Waals surface area (Å²) in [5, 5.41) is 11.7. The van der Waals surface area contributed by atoms with E-state index in [1.54, 1.807) is 18.5 Å². The summed E-state index contributed by atoms with van der Waals surface area (Å²) in [5.41, 5.74) is 7.97. The van der Waals surface area contributed by atoms with Crippen molar-refractivity contribution in [2.24, 2.45) is 5.73 Å². The lowest BCUT2D eigenvalue weighted by Gasteiger charge is -2.20. The number of fused-ring (bicyclic) bond motifs is 3. The van der Waals surface area contributed by atoms with Crippen molar-refractivity contribution < 1.29 is 4.39 Å². The molecule has 0 bridgehead atoms. The summed E-state index contributed by atoms with van der Waals surface area (Å²) >= 11 is 6.42. The lowest BCUT2D eigenvalue weighted by atomic mass is 10.1. The molecule has 136 valence electrons. The number of H-pyrrole nitrogens is 1. The summed E-state index contributed by atoms with van der Waals surface area (Å²) in [4.78, 5) is 14.0. The van der Waals surface area contributed by atoms with Crippen LogP contribution in [0.15, 0.2) is 18.5 Å². The van der Waals surface area contributed by atoms with Gasteiger partial charge in [0.05, 0.1) is 40.7 Å². The fourth-order valence-corrected chi connectivity index (χ4v) is 3.37. The Morgan fingerprint density at radius 2 is 2.08 bits per heavy atom. The molecular weight excluding hydrogens is 355 g/mol. The zero-order valence-corrected chi connectivity index (χ0v) is 15.1. The van der Waals surface area contributed by atoms with E-state index < -0.39 is 0 Å². The highest BCUT2D eigenvalue weighted by Crippen LogP contribution is 2.39. The molecule has 3 aromatic rings. The fraction of sp³-hybridized carbons (Fsp3) is 0.389. The molecule has 0 aromatic carbocycles. The van der Waals surface area contributed by atoms with E-state index in [1.165, 1.54) is 12.8 Å². The highest BCUT2D eigenvalue weighted by molar-refractivity contribution is 6.35. The first-order valence-electron chi connectivity index (χ1n) is 8.56. The summed E-state index contributed by atoms with van der Waals surface area (Å²) in [5.74, 6) is 0. The van der Waals surface area contributed by atoms with Gasteiger partial charge in [0.25, 0.3) is 0 Å². The van der Waals surface area contributed by atoms with Crippen LogP contribution in [0.1, 0.15) is 25.0 Å². The maximum Gasteiger partial charge on any atom is 0.141 e. The van der Waals surface area contributed by atoms with Crippen molar-refractivity contribution in [1.29, 1.82) is 5.26 Å². The summed E-state index contributed by atoms with van der Waals surface area (Å²) in [7, 11) is 0. The molecule has 0 amide bonds. The number of alkyl halides is 1. The second-order valence-corrected chi connectivity index (χ2v) is 6.46. The van der Waals surface area contributed by atoms with Gasteiger partial charge in [-0.1, -0.05) is 11.6 Å². The van der Waals surface area contributed by atoms with E-state index >= 15 is 0 Å². The van der Waals surface area contributed by atoms with Crippen LogP contribution in [0.5, 0.6) is 0 Å². The van der Waals surface area contributed by atoms with Gasteiger partial charge in [0, 0.05) is 18.5 Å². The summed E-state index contributed by atoms with van der Waals surface area (Å²) in [6.45, 7) is 2.19. The van der Waals surface area contributed by atoms with Crippen LogP contribution in [0.25, 0.3) is 21.9 Å². The van der Waals surface area contributed by atoms with Gasteiger partial charge in [-0.25, -0.2) is 9.97 Å². The normalized spacial score (nSPS) is 13.7. The van der Waals surface area contributed by atoms with Crippen LogP contribution in [0, 0.1) is 11.3 Å². The molecule has 3 N–H and O–H groups in total. The van der Waals surface area contributed by atoms with Crippen molar-refractivity contribution in [1.82, 2.24) is 15.0 Å². The van der Waals surface area contributed by atoms with Crippen molar-refractivity contribution >= 4 is 39.2 Å². The maximum atomic E-state index is 10.9. The second kappa shape index (κ2) is 8.30. The third-order valence-corrected chi connectivity index (χ3v) is 4.58. The van der Waals surface area contributed by atoms with Crippen molar-refractivity contribution in [3.8, 4) is 6.07 Å². The molecular formula is C18H20ClFN6. The molecule has 26 heavy (non-hydrogen) atoms. The first-order chi connectivity index (χ1) is 12.7. The number of aromatic nitrogens is 3. The first-order valence-corrected chi connectivity index (χ1v) is 8.94. The minimum Gasteiger partial charge on any atom is -0.370 e. The number of halogens is 2. The quantitative estimate of drug-likeness (QED) is 0.731. The smallest absolute Gasteiger partial charge is 0.141 e. The monoisotopic (exact) mass is 374 g/mol. The van der Waals surface area contributed by atoms with Crippen molar-refractivity contribution in [3.63, 3.8) is 0 Å². The molecule has 4 heterocycles. The van der Waals surface area contributed by atoms with Gasteiger partial charge in [-0.3, -0.25) is 4.39 Å². The van der Waals surface area contributed by atoms with Gasteiger partial charge in [-0.2, -0.15) is 5.26 Å². The van der Waals surface area contributed by atoms with E-state index in [0.717, 1.165) is 40.7 Å². The molecule has 0 spiro atoms. The van der Waals surface area contributed by atoms with Crippen molar-refractivity contribution in [3.05, 3.63) is 29.2 Å². The van der Waals surface area contributed by atoms with Crippen LogP contribution in [0.4, 0.5) is 10.1 Å². The van der Waals surface area contributed by atoms with Gasteiger partial charge in [0.15, 0.2) is 0 Å². The Morgan fingerprint density at radius 3 is 2.69 bits per heavy atom. The van der Waals surface area contributed by atoms with Crippen LogP contribution in [0.3, 0.4) is 0 Å². The third kappa shape index (κ3) is 3.57. The number of nitrogens with one attached hydrogen (secondary N) is 1. The Kier molecular flexibility index (Phi) is 5.86. The zero-order chi connectivity index (χ0) is 18.5. The molecule has 3 aromatic heterocycles. The SMILES string of the molecule is N#Cc1cc2c(cn1)[nH]c1ncc(Cl)c(N3CCCC3)c12.NCCCF. The Labute approximate surface area is 155 Å². The Morgan fingerprint density at radius 1 is 1.31 bits per heavy atom. The fourth-order valence-electron chi connectivity index (χ4n) is 3.11. The standard InChI is InChI=1S/C15H12ClN5.C3H8FN/c16-11-7-19-15-13(14(11)21-3-1-2-4-21)10-5-9(6-17)18-8-12(10)20-15;4-2-1-3-5/h5,7-8H,1-4H2,(H,19,20);1-3,5H2. The number of anilines is 1. The van der Waals surface area contributed by atoms with Gasteiger partial charge in [0.1, 0.15) is 17.4 Å². The molecule has 6 nitrogen and oxygen atoms in total. The molecule has 0 atom stereocenters. The Balaban J connectivity index is 0.000000349. The van der Waals surface area contributed by atoms with Crippen LogP contribution < -0.4 is 10.6 Å². The number of aromatic amines is 1. The molecule has 8 heteroatoms. The van der Waals surface area contributed by atoms with Gasteiger partial charge in [-0.05, 0) is 31.9 Å². The molecule has 0 radical (unpaired) electrons. The van der Waals surface area contributed by atoms with Gasteiger partial charge < -0.3 is 15.6 Å². The molecule has 1 saturated heterocycles. The van der Waals surface area contributed by atoms with Gasteiger partial charge in [0.2, 0.25) is 0 Å². The van der Waals surface area contributed by atoms with Gasteiger partial charge >= 0.3 is 0 Å². The average molecular weight is 375 g/mol. The minimum atomic E-state index is -0.281. The van der Waals surface area contributed by atoms with E-state index in [1.807, 2.05) is 0 Å². The third-order valence-electron chi connectivity index (χ3n) is 4.31. The van der Waals surface area contributed by atoms with Crippen molar-refractivity contribution in [2.45, 2.75) is 19.3 Å². The predicted octanol–water partition coefficient (Wildman–Crippen LogP) is 3.54. The molecule has 4 rings (SSSR count). The molecule has 1 aliphatic rings. The molecule has 0 unspecified atom stereocenters. The summed E-state index contributed by atoms with van der Waals surface area (Å²) < 4.78 is 10.9. The zero-order valence-electron chi connectivity index (χ0n) is 14.3.